The molecule has 5 nitrogen and oxygen atoms in total. The predicted octanol–water partition coefficient (Wildman–Crippen LogP) is 2.72. The summed E-state index contributed by atoms with van der Waals surface area (Å²) >= 11 is 0. The molecule has 1 N–H and O–H groups in total. The Balaban J connectivity index is 1.42. The van der Waals surface area contributed by atoms with Crippen LogP contribution in [0.25, 0.3) is 0 Å². The summed E-state index contributed by atoms with van der Waals surface area (Å²) in [4.78, 5) is 28.2. The third kappa shape index (κ3) is 4.84. The molecule has 1 aliphatic carbocycles. The second-order valence-corrected chi connectivity index (χ2v) is 7.91. The van der Waals surface area contributed by atoms with E-state index in [2.05, 4.69) is 10.2 Å². The van der Waals surface area contributed by atoms with Crippen molar-refractivity contribution in [3.8, 4) is 0 Å². The smallest absolute Gasteiger partial charge is 0.242 e. The molecule has 30 heavy (non-hydrogen) atoms. The van der Waals surface area contributed by atoms with Gasteiger partial charge >= 0.3 is 0 Å². The number of nitrogens with one attached hydrogen (secondary N) is 1. The lowest BCUT2D eigenvalue weighted by molar-refractivity contribution is -0.134. The minimum Gasteiger partial charge on any atom is -0.347 e. The van der Waals surface area contributed by atoms with Crippen LogP contribution >= 0.6 is 0 Å². The van der Waals surface area contributed by atoms with Crippen LogP contribution in [0.3, 0.4) is 0 Å². The Kier molecular flexibility index (Phi) is 6.08. The molecule has 2 aromatic carbocycles. The number of nitrogens with zero attached hydrogens (tertiary/aromatic N) is 2. The van der Waals surface area contributed by atoms with E-state index in [0.717, 1.165) is 24.0 Å². The van der Waals surface area contributed by atoms with Gasteiger partial charge in [0.1, 0.15) is 11.6 Å². The van der Waals surface area contributed by atoms with Gasteiger partial charge in [-0.25, -0.2) is 8.78 Å². The molecule has 1 aliphatic heterocycles. The Labute approximate surface area is 174 Å². The van der Waals surface area contributed by atoms with Crippen LogP contribution in [0, 0.1) is 17.6 Å². The lowest BCUT2D eigenvalue weighted by atomic mass is 9.96. The van der Waals surface area contributed by atoms with E-state index < -0.39 is 0 Å². The van der Waals surface area contributed by atoms with Crippen molar-refractivity contribution < 1.29 is 18.4 Å². The number of hydrogen-bond donors (Lipinski definition) is 1. The van der Waals surface area contributed by atoms with E-state index in [9.17, 15) is 18.4 Å². The van der Waals surface area contributed by atoms with Gasteiger partial charge in [0.05, 0.1) is 12.6 Å². The molecule has 1 saturated carbocycles. The van der Waals surface area contributed by atoms with Crippen molar-refractivity contribution in [2.75, 3.05) is 32.7 Å². The molecule has 2 fully saturated rings. The monoisotopic (exact) mass is 413 g/mol. The molecule has 0 unspecified atom stereocenters. The molecule has 158 valence electrons. The highest BCUT2D eigenvalue weighted by Gasteiger charge is 2.31. The molecule has 7 heteroatoms. The van der Waals surface area contributed by atoms with Gasteiger partial charge in [-0.3, -0.25) is 14.5 Å². The third-order valence-corrected chi connectivity index (χ3v) is 5.77. The Hall–Kier alpha value is -2.80. The standard InChI is InChI=1S/C23H25F2N3O2/c24-19-7-3-16(4-8-19)22(17-5-9-20(25)10-6-17)28-13-11-27(12-14-28)21(29)15-26-23(30)18-1-2-18/h3-10,18,22H,1-2,11-15H2,(H,26,30). The molecule has 4 rings (SSSR count). The van der Waals surface area contributed by atoms with Crippen molar-refractivity contribution in [3.05, 3.63) is 71.3 Å². The van der Waals surface area contributed by atoms with Gasteiger partial charge in [0.2, 0.25) is 11.8 Å². The normalized spacial score (nSPS) is 17.2. The number of carbonyl (C=O) groups excluding carboxylic acids is 2. The molecule has 0 atom stereocenters. The summed E-state index contributed by atoms with van der Waals surface area (Å²) in [6.07, 6.45) is 1.82. The number of piperazine rings is 1. The number of rotatable bonds is 6. The van der Waals surface area contributed by atoms with Crippen molar-refractivity contribution in [2.45, 2.75) is 18.9 Å². The van der Waals surface area contributed by atoms with Gasteiger partial charge in [-0.1, -0.05) is 24.3 Å². The van der Waals surface area contributed by atoms with E-state index in [-0.39, 0.29) is 42.0 Å². The maximum absolute atomic E-state index is 13.4. The van der Waals surface area contributed by atoms with Crippen LogP contribution in [0.2, 0.25) is 0 Å². The van der Waals surface area contributed by atoms with Crippen LogP contribution in [0.4, 0.5) is 8.78 Å². The highest BCUT2D eigenvalue weighted by Crippen LogP contribution is 2.30. The Morgan fingerprint density at radius 1 is 0.867 bits per heavy atom. The van der Waals surface area contributed by atoms with Crippen LogP contribution in [0.5, 0.6) is 0 Å². The molecule has 1 saturated heterocycles. The second kappa shape index (κ2) is 8.92. The van der Waals surface area contributed by atoms with Gasteiger partial charge in [-0.15, -0.1) is 0 Å². The number of carbonyl (C=O) groups is 2. The topological polar surface area (TPSA) is 52.7 Å². The van der Waals surface area contributed by atoms with E-state index >= 15 is 0 Å². The number of hydrogen-bond acceptors (Lipinski definition) is 3. The van der Waals surface area contributed by atoms with Crippen LogP contribution in [0.15, 0.2) is 48.5 Å². The maximum Gasteiger partial charge on any atom is 0.242 e. The van der Waals surface area contributed by atoms with Crippen LogP contribution in [-0.2, 0) is 9.59 Å². The van der Waals surface area contributed by atoms with Crippen LogP contribution in [-0.4, -0.2) is 54.3 Å². The average Bonchev–Trinajstić information content (AvgIpc) is 3.61. The van der Waals surface area contributed by atoms with Gasteiger partial charge in [0.15, 0.2) is 0 Å². The zero-order chi connectivity index (χ0) is 21.1. The number of benzene rings is 2. The zero-order valence-corrected chi connectivity index (χ0v) is 16.7. The van der Waals surface area contributed by atoms with Crippen LogP contribution in [0.1, 0.15) is 30.0 Å². The van der Waals surface area contributed by atoms with Gasteiger partial charge in [-0.2, -0.15) is 0 Å². The second-order valence-electron chi connectivity index (χ2n) is 7.91. The van der Waals surface area contributed by atoms with Crippen molar-refractivity contribution in [1.29, 1.82) is 0 Å². The van der Waals surface area contributed by atoms with Gasteiger partial charge < -0.3 is 10.2 Å². The highest BCUT2D eigenvalue weighted by molar-refractivity contribution is 5.86. The SMILES string of the molecule is O=C(NCC(=O)N1CCN(C(c2ccc(F)cc2)c2ccc(F)cc2)CC1)C1CC1. The minimum absolute atomic E-state index is 0.0327. The van der Waals surface area contributed by atoms with E-state index in [0.29, 0.717) is 26.2 Å². The molecular weight excluding hydrogens is 388 g/mol. The van der Waals surface area contributed by atoms with Crippen molar-refractivity contribution >= 4 is 11.8 Å². The fourth-order valence-electron chi connectivity index (χ4n) is 3.90. The third-order valence-electron chi connectivity index (χ3n) is 5.77. The summed E-state index contributed by atoms with van der Waals surface area (Å²) in [5, 5.41) is 2.72. The summed E-state index contributed by atoms with van der Waals surface area (Å²) in [7, 11) is 0. The summed E-state index contributed by atoms with van der Waals surface area (Å²) in [6, 6.07) is 12.5. The van der Waals surface area contributed by atoms with Gasteiger partial charge in [0.25, 0.3) is 0 Å². The van der Waals surface area contributed by atoms with Crippen molar-refractivity contribution in [1.82, 2.24) is 15.1 Å². The fraction of sp³-hybridized carbons (Fsp3) is 0.391. The largest absolute Gasteiger partial charge is 0.347 e. The van der Waals surface area contributed by atoms with Gasteiger partial charge in [-0.05, 0) is 48.2 Å². The summed E-state index contributed by atoms with van der Waals surface area (Å²) in [5.74, 6) is -0.638. The molecule has 1 heterocycles. The molecule has 2 aromatic rings. The first-order valence-electron chi connectivity index (χ1n) is 10.3. The lowest BCUT2D eigenvalue weighted by Gasteiger charge is -2.39. The fourth-order valence-corrected chi connectivity index (χ4v) is 3.90. The van der Waals surface area contributed by atoms with Gasteiger partial charge in [0, 0.05) is 32.1 Å². The molecule has 0 radical (unpaired) electrons. The maximum atomic E-state index is 13.4. The predicted molar refractivity (Wildman–Crippen MR) is 109 cm³/mol. The van der Waals surface area contributed by atoms with E-state index in [1.165, 1.54) is 24.3 Å². The summed E-state index contributed by atoms with van der Waals surface area (Å²) < 4.78 is 26.9. The molecule has 2 aliphatic rings. The highest BCUT2D eigenvalue weighted by atomic mass is 19.1. The Morgan fingerprint density at radius 2 is 1.37 bits per heavy atom. The van der Waals surface area contributed by atoms with Crippen LogP contribution < -0.4 is 5.32 Å². The molecule has 0 aromatic heterocycles. The Bertz CT molecular complexity index is 844. The average molecular weight is 413 g/mol. The first-order chi connectivity index (χ1) is 14.5. The molecule has 0 spiro atoms. The summed E-state index contributed by atoms with van der Waals surface area (Å²) in [6.45, 7) is 2.37. The zero-order valence-electron chi connectivity index (χ0n) is 16.7. The van der Waals surface area contributed by atoms with E-state index in [1.807, 2.05) is 0 Å². The lowest BCUT2D eigenvalue weighted by Crippen LogP contribution is -2.52. The minimum atomic E-state index is -0.305. The molecule has 2 amide bonds. The first-order valence-corrected chi connectivity index (χ1v) is 10.3. The van der Waals surface area contributed by atoms with Crippen molar-refractivity contribution in [3.63, 3.8) is 0 Å². The number of halogens is 2. The quantitative estimate of drug-likeness (QED) is 0.792. The Morgan fingerprint density at radius 3 is 1.83 bits per heavy atom. The van der Waals surface area contributed by atoms with Crippen molar-refractivity contribution in [2.24, 2.45) is 5.92 Å². The van der Waals surface area contributed by atoms with E-state index in [4.69, 9.17) is 0 Å². The van der Waals surface area contributed by atoms with E-state index in [1.54, 1.807) is 29.2 Å². The summed E-state index contributed by atoms with van der Waals surface area (Å²) in [5.41, 5.74) is 1.83. The first kappa shape index (κ1) is 20.5. The molecular formula is C23H25F2N3O2. The molecule has 0 bridgehead atoms. The number of amides is 2.